The molecule has 0 aliphatic heterocycles. The molecule has 0 saturated heterocycles. The molecular weight excluding hydrogens is 194 g/mol. The van der Waals surface area contributed by atoms with E-state index in [-0.39, 0.29) is 0 Å². The van der Waals surface area contributed by atoms with Gasteiger partial charge < -0.3 is 4.52 Å². The van der Waals surface area contributed by atoms with E-state index in [4.69, 9.17) is 4.52 Å². The molecule has 0 aromatic carbocycles. The predicted octanol–water partition coefficient (Wildman–Crippen LogP) is 1.53. The van der Waals surface area contributed by atoms with Crippen molar-refractivity contribution in [1.82, 2.24) is 20.1 Å². The van der Waals surface area contributed by atoms with Crippen LogP contribution in [0.25, 0.3) is 0 Å². The largest absolute Gasteiger partial charge is 0.328 e. The van der Waals surface area contributed by atoms with Gasteiger partial charge in [-0.15, -0.1) is 0 Å². The lowest BCUT2D eigenvalue weighted by atomic mass is 10.4. The molecule has 1 N–H and O–H groups in total. The summed E-state index contributed by atoms with van der Waals surface area (Å²) in [7, 11) is 0. The maximum atomic E-state index is 4.90. The van der Waals surface area contributed by atoms with E-state index < -0.39 is 0 Å². The molecule has 0 atom stereocenters. The Balaban J connectivity index is 2.24. The molecule has 0 aliphatic carbocycles. The van der Waals surface area contributed by atoms with Crippen molar-refractivity contribution >= 4 is 12.0 Å². The van der Waals surface area contributed by atoms with Crippen LogP contribution in [-0.4, -0.2) is 20.1 Å². The Hall–Kier alpha value is -1.98. The van der Waals surface area contributed by atoms with Crippen LogP contribution < -0.4 is 5.32 Å². The Morgan fingerprint density at radius 1 is 1.07 bits per heavy atom. The van der Waals surface area contributed by atoms with Crippen molar-refractivity contribution in [1.29, 1.82) is 0 Å². The second kappa shape index (κ2) is 3.64. The van der Waals surface area contributed by atoms with Gasteiger partial charge in [-0.25, -0.2) is 9.97 Å². The van der Waals surface area contributed by atoms with Crippen molar-refractivity contribution in [3.63, 3.8) is 0 Å². The van der Waals surface area contributed by atoms with Gasteiger partial charge >= 0.3 is 6.01 Å². The molecule has 0 amide bonds. The first-order valence-electron chi connectivity index (χ1n) is 4.53. The van der Waals surface area contributed by atoms with E-state index in [1.165, 1.54) is 0 Å². The number of rotatable bonds is 2. The zero-order chi connectivity index (χ0) is 10.8. The van der Waals surface area contributed by atoms with Crippen molar-refractivity contribution in [3.8, 4) is 0 Å². The number of hydrogen-bond acceptors (Lipinski definition) is 6. The van der Waals surface area contributed by atoms with E-state index in [0.29, 0.717) is 17.8 Å². The average Bonchev–Trinajstić information content (AvgIpc) is 2.49. The minimum absolute atomic E-state index is 0.303. The summed E-state index contributed by atoms with van der Waals surface area (Å²) >= 11 is 0. The van der Waals surface area contributed by atoms with Gasteiger partial charge in [-0.1, -0.05) is 5.16 Å². The van der Waals surface area contributed by atoms with E-state index in [9.17, 15) is 0 Å². The number of nitrogens with one attached hydrogen (secondary N) is 1. The molecule has 6 heteroatoms. The van der Waals surface area contributed by atoms with Crippen molar-refractivity contribution < 1.29 is 4.52 Å². The molecule has 2 aromatic rings. The van der Waals surface area contributed by atoms with Crippen molar-refractivity contribution in [2.45, 2.75) is 20.8 Å². The highest BCUT2D eigenvalue weighted by Crippen LogP contribution is 2.10. The van der Waals surface area contributed by atoms with Crippen LogP contribution in [0.5, 0.6) is 0 Å². The van der Waals surface area contributed by atoms with E-state index >= 15 is 0 Å². The zero-order valence-electron chi connectivity index (χ0n) is 8.77. The first-order valence-corrected chi connectivity index (χ1v) is 4.53. The number of hydrogen-bond donors (Lipinski definition) is 1. The SMILES string of the molecule is Cc1cc(C)nc(Nc2nc(C)no2)n1. The third kappa shape index (κ3) is 2.28. The molecule has 6 nitrogen and oxygen atoms in total. The summed E-state index contributed by atoms with van der Waals surface area (Å²) in [5.74, 6) is 1.04. The molecule has 0 bridgehead atoms. The molecule has 0 radical (unpaired) electrons. The summed E-state index contributed by atoms with van der Waals surface area (Å²) in [5, 5.41) is 6.50. The molecule has 0 aliphatic rings. The number of aromatic nitrogens is 4. The first kappa shape index (κ1) is 9.57. The molecule has 2 aromatic heterocycles. The average molecular weight is 205 g/mol. The molecule has 2 heterocycles. The summed E-state index contributed by atoms with van der Waals surface area (Å²) in [4.78, 5) is 12.4. The predicted molar refractivity (Wildman–Crippen MR) is 53.8 cm³/mol. The van der Waals surface area contributed by atoms with Gasteiger partial charge in [0.1, 0.15) is 0 Å². The van der Waals surface area contributed by atoms with Gasteiger partial charge in [-0.2, -0.15) is 4.98 Å². The van der Waals surface area contributed by atoms with Crippen LogP contribution in [0.15, 0.2) is 10.6 Å². The quantitative estimate of drug-likeness (QED) is 0.801. The van der Waals surface area contributed by atoms with Gasteiger partial charge in [0.2, 0.25) is 5.95 Å². The van der Waals surface area contributed by atoms with E-state index in [1.54, 1.807) is 6.92 Å². The Morgan fingerprint density at radius 3 is 2.27 bits per heavy atom. The number of anilines is 2. The van der Waals surface area contributed by atoms with E-state index in [2.05, 4.69) is 25.4 Å². The van der Waals surface area contributed by atoms with Crippen LogP contribution in [0, 0.1) is 20.8 Å². The van der Waals surface area contributed by atoms with Gasteiger partial charge in [-0.3, -0.25) is 5.32 Å². The van der Waals surface area contributed by atoms with Crippen LogP contribution in [0.1, 0.15) is 17.2 Å². The number of nitrogens with zero attached hydrogens (tertiary/aromatic N) is 4. The van der Waals surface area contributed by atoms with Crippen LogP contribution in [0.2, 0.25) is 0 Å². The maximum Gasteiger partial charge on any atom is 0.328 e. The third-order valence-corrected chi connectivity index (χ3v) is 1.73. The Bertz CT molecular complexity index is 459. The minimum atomic E-state index is 0.303. The standard InChI is InChI=1S/C9H11N5O/c1-5-4-6(2)11-8(10-5)13-9-12-7(3)14-15-9/h4H,1-3H3,(H,10,11,12,13,14). The van der Waals surface area contributed by atoms with E-state index in [0.717, 1.165) is 11.4 Å². The molecule has 78 valence electrons. The lowest BCUT2D eigenvalue weighted by Gasteiger charge is -2.01. The smallest absolute Gasteiger partial charge is 0.315 e. The fraction of sp³-hybridized carbons (Fsp3) is 0.333. The third-order valence-electron chi connectivity index (χ3n) is 1.73. The Labute approximate surface area is 86.8 Å². The van der Waals surface area contributed by atoms with Crippen LogP contribution in [0.3, 0.4) is 0 Å². The van der Waals surface area contributed by atoms with Gasteiger partial charge in [-0.05, 0) is 26.8 Å². The van der Waals surface area contributed by atoms with Crippen LogP contribution in [0.4, 0.5) is 12.0 Å². The fourth-order valence-corrected chi connectivity index (χ4v) is 1.23. The maximum absolute atomic E-state index is 4.90. The highest BCUT2D eigenvalue weighted by molar-refractivity contribution is 5.40. The molecule has 15 heavy (non-hydrogen) atoms. The number of aryl methyl sites for hydroxylation is 3. The topological polar surface area (TPSA) is 76.7 Å². The molecule has 0 unspecified atom stereocenters. The lowest BCUT2D eigenvalue weighted by Crippen LogP contribution is -2.00. The summed E-state index contributed by atoms with van der Waals surface area (Å²) in [5.41, 5.74) is 1.78. The van der Waals surface area contributed by atoms with Crippen molar-refractivity contribution in [2.75, 3.05) is 5.32 Å². The van der Waals surface area contributed by atoms with Gasteiger partial charge in [0.15, 0.2) is 5.82 Å². The molecule has 0 saturated carbocycles. The highest BCUT2D eigenvalue weighted by Gasteiger charge is 2.05. The van der Waals surface area contributed by atoms with E-state index in [1.807, 2.05) is 19.9 Å². The summed E-state index contributed by atoms with van der Waals surface area (Å²) in [6.07, 6.45) is 0. The van der Waals surface area contributed by atoms with Gasteiger partial charge in [0, 0.05) is 11.4 Å². The second-order valence-electron chi connectivity index (χ2n) is 3.25. The lowest BCUT2D eigenvalue weighted by molar-refractivity contribution is 0.428. The second-order valence-corrected chi connectivity index (χ2v) is 3.25. The molecule has 0 fully saturated rings. The Kier molecular flexibility index (Phi) is 2.32. The van der Waals surface area contributed by atoms with Gasteiger partial charge in [0.25, 0.3) is 0 Å². The minimum Gasteiger partial charge on any atom is -0.315 e. The summed E-state index contributed by atoms with van der Waals surface area (Å²) < 4.78 is 4.90. The van der Waals surface area contributed by atoms with Crippen LogP contribution >= 0.6 is 0 Å². The fourth-order valence-electron chi connectivity index (χ4n) is 1.23. The van der Waals surface area contributed by atoms with Gasteiger partial charge in [0.05, 0.1) is 0 Å². The summed E-state index contributed by atoms with van der Waals surface area (Å²) in [6.45, 7) is 5.55. The normalized spacial score (nSPS) is 10.3. The zero-order valence-corrected chi connectivity index (χ0v) is 8.77. The highest BCUT2D eigenvalue weighted by atomic mass is 16.5. The van der Waals surface area contributed by atoms with Crippen molar-refractivity contribution in [3.05, 3.63) is 23.3 Å². The van der Waals surface area contributed by atoms with Crippen LogP contribution in [-0.2, 0) is 0 Å². The molecule has 2 rings (SSSR count). The monoisotopic (exact) mass is 205 g/mol. The Morgan fingerprint density at radius 2 is 1.73 bits per heavy atom. The molecular formula is C9H11N5O. The summed E-state index contributed by atoms with van der Waals surface area (Å²) in [6, 6.07) is 2.20. The first-order chi connectivity index (χ1) is 7.13. The van der Waals surface area contributed by atoms with Crippen molar-refractivity contribution in [2.24, 2.45) is 0 Å². The molecule has 0 spiro atoms.